The summed E-state index contributed by atoms with van der Waals surface area (Å²) in [5, 5.41) is 9.31. The molecule has 0 heterocycles. The van der Waals surface area contributed by atoms with E-state index < -0.39 is 17.5 Å². The van der Waals surface area contributed by atoms with Crippen molar-refractivity contribution in [3.05, 3.63) is 12.7 Å². The highest BCUT2D eigenvalue weighted by molar-refractivity contribution is 5.86. The molecule has 0 aliphatic rings. The van der Waals surface area contributed by atoms with Crippen molar-refractivity contribution < 1.29 is 19.4 Å². The van der Waals surface area contributed by atoms with E-state index in [1.54, 1.807) is 0 Å². The van der Waals surface area contributed by atoms with E-state index in [0.717, 1.165) is 31.8 Å². The molecule has 0 rings (SSSR count). The molecule has 0 amide bonds. The molecule has 0 aliphatic carbocycles. The second kappa shape index (κ2) is 7.87. The number of ether oxygens (including phenoxy) is 1. The summed E-state index contributed by atoms with van der Waals surface area (Å²) >= 11 is 0. The van der Waals surface area contributed by atoms with Crippen LogP contribution in [-0.2, 0) is 14.3 Å². The number of esters is 1. The Morgan fingerprint density at radius 3 is 2.00 bits per heavy atom. The van der Waals surface area contributed by atoms with Gasteiger partial charge in [-0.1, -0.05) is 33.3 Å². The van der Waals surface area contributed by atoms with Crippen LogP contribution in [0.4, 0.5) is 0 Å². The van der Waals surface area contributed by atoms with Crippen molar-refractivity contribution >= 4 is 11.9 Å². The molecule has 0 radical (unpaired) electrons. The third kappa shape index (κ3) is 5.02. The molecule has 0 aromatic heterocycles. The predicted molar refractivity (Wildman–Crippen MR) is 65.7 cm³/mol. The monoisotopic (exact) mass is 242 g/mol. The Morgan fingerprint density at radius 2 is 1.71 bits per heavy atom. The minimum Gasteiger partial charge on any atom is -0.478 e. The van der Waals surface area contributed by atoms with E-state index in [1.165, 1.54) is 0 Å². The van der Waals surface area contributed by atoms with Crippen LogP contribution in [0, 0.1) is 0 Å². The number of aliphatic carboxylic acids is 1. The first-order valence-electron chi connectivity index (χ1n) is 6.11. The molecule has 0 atom stereocenters. The maximum Gasteiger partial charge on any atom is 0.348 e. The van der Waals surface area contributed by atoms with Gasteiger partial charge in [0.25, 0.3) is 0 Å². The Hall–Kier alpha value is -1.32. The maximum absolute atomic E-state index is 11.4. The van der Waals surface area contributed by atoms with Crippen LogP contribution in [-0.4, -0.2) is 22.6 Å². The molecule has 4 nitrogen and oxygen atoms in total. The lowest BCUT2D eigenvalue weighted by Gasteiger charge is -2.28. The number of carboxylic acid groups (broad SMARTS) is 1. The van der Waals surface area contributed by atoms with Crippen LogP contribution in [0.5, 0.6) is 0 Å². The smallest absolute Gasteiger partial charge is 0.348 e. The van der Waals surface area contributed by atoms with E-state index >= 15 is 0 Å². The van der Waals surface area contributed by atoms with Crippen molar-refractivity contribution in [2.24, 2.45) is 0 Å². The number of carbonyl (C=O) groups excluding carboxylic acids is 1. The van der Waals surface area contributed by atoms with Crippen LogP contribution in [0.2, 0.25) is 0 Å². The third-order valence-corrected chi connectivity index (χ3v) is 2.72. The van der Waals surface area contributed by atoms with Crippen molar-refractivity contribution in [2.45, 2.75) is 58.0 Å². The average molecular weight is 242 g/mol. The standard InChI is InChI=1S/C13H22O4/c1-4-7-9-13(12(15)16,10-8-5-2)17-11(14)6-3/h6H,3-5,7-10H2,1-2H3,(H,15,16). The zero-order valence-electron chi connectivity index (χ0n) is 10.7. The fourth-order valence-electron chi connectivity index (χ4n) is 1.64. The van der Waals surface area contributed by atoms with Crippen LogP contribution in [0.15, 0.2) is 12.7 Å². The predicted octanol–water partition coefficient (Wildman–Crippen LogP) is 2.92. The second-order valence-corrected chi connectivity index (χ2v) is 4.13. The summed E-state index contributed by atoms with van der Waals surface area (Å²) in [6.45, 7) is 7.25. The molecule has 0 fully saturated rings. The molecule has 0 bridgehead atoms. The molecule has 0 saturated heterocycles. The minimum atomic E-state index is -1.38. The van der Waals surface area contributed by atoms with Gasteiger partial charge in [-0.15, -0.1) is 0 Å². The molecule has 0 unspecified atom stereocenters. The molecule has 0 aromatic carbocycles. The summed E-state index contributed by atoms with van der Waals surface area (Å²) < 4.78 is 5.10. The molecular formula is C13H22O4. The minimum absolute atomic E-state index is 0.360. The van der Waals surface area contributed by atoms with E-state index in [4.69, 9.17) is 4.74 Å². The Kier molecular flexibility index (Phi) is 7.26. The van der Waals surface area contributed by atoms with E-state index in [0.29, 0.717) is 12.8 Å². The molecule has 98 valence electrons. The van der Waals surface area contributed by atoms with Crippen molar-refractivity contribution in [1.82, 2.24) is 0 Å². The van der Waals surface area contributed by atoms with Gasteiger partial charge in [0.1, 0.15) is 0 Å². The van der Waals surface area contributed by atoms with Crippen LogP contribution >= 0.6 is 0 Å². The second-order valence-electron chi connectivity index (χ2n) is 4.13. The number of rotatable bonds is 9. The first-order valence-corrected chi connectivity index (χ1v) is 6.11. The van der Waals surface area contributed by atoms with Gasteiger partial charge < -0.3 is 9.84 Å². The number of hydrogen-bond donors (Lipinski definition) is 1. The first kappa shape index (κ1) is 15.7. The SMILES string of the molecule is C=CC(=O)OC(CCCC)(CCCC)C(=O)O. The Balaban J connectivity index is 4.86. The van der Waals surface area contributed by atoms with E-state index in [2.05, 4.69) is 6.58 Å². The van der Waals surface area contributed by atoms with Gasteiger partial charge in [0, 0.05) is 6.08 Å². The zero-order valence-corrected chi connectivity index (χ0v) is 10.7. The van der Waals surface area contributed by atoms with Crippen LogP contribution in [0.25, 0.3) is 0 Å². The normalized spacial score (nSPS) is 10.9. The molecular weight excluding hydrogens is 220 g/mol. The highest BCUT2D eigenvalue weighted by Gasteiger charge is 2.40. The Bertz CT molecular complexity index is 263. The van der Waals surface area contributed by atoms with Crippen LogP contribution < -0.4 is 0 Å². The number of carboxylic acids is 1. The molecule has 17 heavy (non-hydrogen) atoms. The molecule has 4 heteroatoms. The van der Waals surface area contributed by atoms with Gasteiger partial charge in [-0.2, -0.15) is 0 Å². The molecule has 0 saturated carbocycles. The van der Waals surface area contributed by atoms with Gasteiger partial charge in [-0.05, 0) is 25.7 Å². The van der Waals surface area contributed by atoms with Crippen LogP contribution in [0.1, 0.15) is 52.4 Å². The summed E-state index contributed by atoms with van der Waals surface area (Å²) in [7, 11) is 0. The Labute approximate surface area is 103 Å². The van der Waals surface area contributed by atoms with Crippen LogP contribution in [0.3, 0.4) is 0 Å². The lowest BCUT2D eigenvalue weighted by atomic mass is 9.90. The summed E-state index contributed by atoms with van der Waals surface area (Å²) in [5.41, 5.74) is -1.38. The molecule has 0 aromatic rings. The quantitative estimate of drug-likeness (QED) is 0.498. The Morgan fingerprint density at radius 1 is 1.24 bits per heavy atom. The average Bonchev–Trinajstić information content (AvgIpc) is 2.32. The summed E-state index contributed by atoms with van der Waals surface area (Å²) in [6, 6.07) is 0. The van der Waals surface area contributed by atoms with Gasteiger partial charge >= 0.3 is 11.9 Å². The highest BCUT2D eigenvalue weighted by atomic mass is 16.6. The van der Waals surface area contributed by atoms with Gasteiger partial charge in [0.2, 0.25) is 5.60 Å². The number of carbonyl (C=O) groups is 2. The van der Waals surface area contributed by atoms with Gasteiger partial charge in [0.15, 0.2) is 0 Å². The van der Waals surface area contributed by atoms with E-state index in [1.807, 2.05) is 13.8 Å². The molecule has 1 N–H and O–H groups in total. The third-order valence-electron chi connectivity index (χ3n) is 2.72. The topological polar surface area (TPSA) is 63.6 Å². The first-order chi connectivity index (χ1) is 8.02. The van der Waals surface area contributed by atoms with Crippen molar-refractivity contribution in [3.8, 4) is 0 Å². The highest BCUT2D eigenvalue weighted by Crippen LogP contribution is 2.27. The van der Waals surface area contributed by atoms with Crippen molar-refractivity contribution in [2.75, 3.05) is 0 Å². The van der Waals surface area contributed by atoms with Gasteiger partial charge in [-0.3, -0.25) is 0 Å². The number of hydrogen-bond acceptors (Lipinski definition) is 3. The summed E-state index contributed by atoms with van der Waals surface area (Å²) in [5.74, 6) is -1.73. The molecule has 0 spiro atoms. The summed E-state index contributed by atoms with van der Waals surface area (Å²) in [6.07, 6.45) is 4.91. The van der Waals surface area contributed by atoms with Crippen molar-refractivity contribution in [3.63, 3.8) is 0 Å². The van der Waals surface area contributed by atoms with E-state index in [-0.39, 0.29) is 0 Å². The maximum atomic E-state index is 11.4. The van der Waals surface area contributed by atoms with Gasteiger partial charge in [0.05, 0.1) is 0 Å². The van der Waals surface area contributed by atoms with Crippen molar-refractivity contribution in [1.29, 1.82) is 0 Å². The number of unbranched alkanes of at least 4 members (excludes halogenated alkanes) is 2. The zero-order chi connectivity index (χ0) is 13.3. The van der Waals surface area contributed by atoms with E-state index in [9.17, 15) is 14.7 Å². The fourth-order valence-corrected chi connectivity index (χ4v) is 1.64. The summed E-state index contributed by atoms with van der Waals surface area (Å²) in [4.78, 5) is 22.6. The lowest BCUT2D eigenvalue weighted by Crippen LogP contribution is -2.43. The fraction of sp³-hybridized carbons (Fsp3) is 0.692. The largest absolute Gasteiger partial charge is 0.478 e. The molecule has 0 aliphatic heterocycles. The lowest BCUT2D eigenvalue weighted by molar-refractivity contribution is -0.177. The van der Waals surface area contributed by atoms with Gasteiger partial charge in [-0.25, -0.2) is 9.59 Å².